The van der Waals surface area contributed by atoms with Gasteiger partial charge in [-0.05, 0) is 0 Å². The Hall–Kier alpha value is -1.27. The van der Waals surface area contributed by atoms with Gasteiger partial charge in [0.2, 0.25) is 0 Å². The molecule has 0 spiro atoms. The molecule has 1 unspecified atom stereocenters. The van der Waals surface area contributed by atoms with Gasteiger partial charge < -0.3 is 0 Å². The van der Waals surface area contributed by atoms with Crippen LogP contribution in [-0.2, 0) is 18.3 Å². The van der Waals surface area contributed by atoms with Crippen molar-refractivity contribution in [2.75, 3.05) is 0 Å². The van der Waals surface area contributed by atoms with Crippen LogP contribution in [0.2, 0.25) is 0 Å². The maximum absolute atomic E-state index is 11.7. The smallest absolute Gasteiger partial charge is 0.153 e. The van der Waals surface area contributed by atoms with Crippen LogP contribution in [0.1, 0.15) is 19.5 Å². The minimum Gasteiger partial charge on any atom is -0.298 e. The Balaban J connectivity index is 2.65. The highest BCUT2D eigenvalue weighted by Crippen LogP contribution is 2.04. The van der Waals surface area contributed by atoms with Gasteiger partial charge in [0.05, 0.1) is 11.7 Å². The van der Waals surface area contributed by atoms with E-state index in [1.54, 1.807) is 17.9 Å². The van der Waals surface area contributed by atoms with Crippen molar-refractivity contribution in [3.8, 4) is 0 Å². The predicted octanol–water partition coefficient (Wildman–Crippen LogP) is -0.585. The van der Waals surface area contributed by atoms with Gasteiger partial charge in [0.25, 0.3) is 0 Å². The predicted molar refractivity (Wildman–Crippen MR) is 55.7 cm³/mol. The van der Waals surface area contributed by atoms with Gasteiger partial charge in [0.1, 0.15) is 0 Å². The molecular weight excluding hydrogens is 194 g/mol. The van der Waals surface area contributed by atoms with Crippen molar-refractivity contribution in [1.82, 2.24) is 20.4 Å². The number of rotatable bonds is 5. The quantitative estimate of drug-likeness (QED) is 0.502. The van der Waals surface area contributed by atoms with Crippen molar-refractivity contribution in [3.63, 3.8) is 0 Å². The lowest BCUT2D eigenvalue weighted by atomic mass is 9.99. The van der Waals surface area contributed by atoms with Gasteiger partial charge in [0, 0.05) is 25.6 Å². The van der Waals surface area contributed by atoms with Gasteiger partial charge in [-0.15, -0.1) is 5.10 Å². The first-order chi connectivity index (χ1) is 7.04. The number of carbonyl (C=O) groups is 1. The van der Waals surface area contributed by atoms with Crippen molar-refractivity contribution in [2.24, 2.45) is 18.8 Å². The molecule has 3 N–H and O–H groups in total. The summed E-state index contributed by atoms with van der Waals surface area (Å²) in [5.74, 6) is 5.39. The molecule has 1 heterocycles. The van der Waals surface area contributed by atoms with Gasteiger partial charge in [-0.2, -0.15) is 0 Å². The fraction of sp³-hybridized carbons (Fsp3) is 0.667. The second-order valence-electron chi connectivity index (χ2n) is 3.86. The lowest BCUT2D eigenvalue weighted by Gasteiger charge is -2.15. The molecule has 0 radical (unpaired) electrons. The van der Waals surface area contributed by atoms with Crippen molar-refractivity contribution in [2.45, 2.75) is 26.3 Å². The molecule has 84 valence electrons. The van der Waals surface area contributed by atoms with E-state index in [0.29, 0.717) is 6.42 Å². The van der Waals surface area contributed by atoms with Gasteiger partial charge in [-0.3, -0.25) is 15.3 Å². The van der Waals surface area contributed by atoms with Crippen molar-refractivity contribution < 1.29 is 4.79 Å². The van der Waals surface area contributed by atoms with Crippen molar-refractivity contribution >= 4 is 5.78 Å². The molecular formula is C9H17N5O. The van der Waals surface area contributed by atoms with Gasteiger partial charge >= 0.3 is 0 Å². The SMILES string of the molecule is CC(C)C(=O)C(Cc1cn(C)nn1)NN. The molecule has 1 aromatic rings. The highest BCUT2D eigenvalue weighted by molar-refractivity contribution is 5.85. The standard InChI is InChI=1S/C9H17N5O/c1-6(2)9(15)8(11-10)4-7-5-14(3)13-12-7/h5-6,8,11H,4,10H2,1-3H3. The zero-order valence-corrected chi connectivity index (χ0v) is 9.27. The zero-order valence-electron chi connectivity index (χ0n) is 9.27. The minimum atomic E-state index is -0.387. The second kappa shape index (κ2) is 4.99. The summed E-state index contributed by atoms with van der Waals surface area (Å²) in [7, 11) is 1.78. The van der Waals surface area contributed by atoms with Gasteiger partial charge in [0.15, 0.2) is 5.78 Å². The van der Waals surface area contributed by atoms with Crippen LogP contribution in [-0.4, -0.2) is 26.8 Å². The summed E-state index contributed by atoms with van der Waals surface area (Å²) in [6.45, 7) is 3.70. The normalized spacial score (nSPS) is 13.1. The number of aryl methyl sites for hydroxylation is 1. The summed E-state index contributed by atoms with van der Waals surface area (Å²) in [6.07, 6.45) is 2.25. The fourth-order valence-corrected chi connectivity index (χ4v) is 1.34. The maximum atomic E-state index is 11.7. The van der Waals surface area contributed by atoms with Gasteiger partial charge in [-0.25, -0.2) is 5.43 Å². The third-order valence-electron chi connectivity index (χ3n) is 2.18. The number of hydrazine groups is 1. The highest BCUT2D eigenvalue weighted by atomic mass is 16.1. The monoisotopic (exact) mass is 211 g/mol. The summed E-state index contributed by atoms with van der Waals surface area (Å²) in [6, 6.07) is -0.387. The molecule has 0 aliphatic rings. The molecule has 6 heteroatoms. The van der Waals surface area contributed by atoms with E-state index in [9.17, 15) is 4.79 Å². The number of nitrogens with zero attached hydrogens (tertiary/aromatic N) is 3. The van der Waals surface area contributed by atoms with Crippen LogP contribution in [0.15, 0.2) is 6.20 Å². The summed E-state index contributed by atoms with van der Waals surface area (Å²) < 4.78 is 1.60. The zero-order chi connectivity index (χ0) is 11.4. The molecule has 0 amide bonds. The van der Waals surface area contributed by atoms with Crippen LogP contribution < -0.4 is 11.3 Å². The van der Waals surface area contributed by atoms with Crippen molar-refractivity contribution in [1.29, 1.82) is 0 Å². The lowest BCUT2D eigenvalue weighted by Crippen LogP contribution is -2.44. The molecule has 15 heavy (non-hydrogen) atoms. The first-order valence-corrected chi connectivity index (χ1v) is 4.89. The Morgan fingerprint density at radius 1 is 1.67 bits per heavy atom. The van der Waals surface area contributed by atoms with Crippen LogP contribution in [0.3, 0.4) is 0 Å². The summed E-state index contributed by atoms with van der Waals surface area (Å²) in [5.41, 5.74) is 3.27. The number of hydrogen-bond acceptors (Lipinski definition) is 5. The van der Waals surface area contributed by atoms with Crippen LogP contribution >= 0.6 is 0 Å². The van der Waals surface area contributed by atoms with E-state index in [2.05, 4.69) is 15.7 Å². The van der Waals surface area contributed by atoms with Crippen LogP contribution in [0, 0.1) is 5.92 Å². The molecule has 0 aromatic carbocycles. The van der Waals surface area contributed by atoms with E-state index in [0.717, 1.165) is 5.69 Å². The molecule has 0 saturated carbocycles. The molecule has 1 aromatic heterocycles. The van der Waals surface area contributed by atoms with Gasteiger partial charge in [-0.1, -0.05) is 19.1 Å². The third-order valence-corrected chi connectivity index (χ3v) is 2.18. The van der Waals surface area contributed by atoms with Crippen molar-refractivity contribution in [3.05, 3.63) is 11.9 Å². The maximum Gasteiger partial charge on any atom is 0.153 e. The second-order valence-corrected chi connectivity index (χ2v) is 3.86. The summed E-state index contributed by atoms with van der Waals surface area (Å²) in [5, 5.41) is 7.71. The average Bonchev–Trinajstić information content (AvgIpc) is 2.59. The number of ketones is 1. The first-order valence-electron chi connectivity index (χ1n) is 4.89. The topological polar surface area (TPSA) is 85.8 Å². The van der Waals surface area contributed by atoms with Crippen LogP contribution in [0.4, 0.5) is 0 Å². The molecule has 0 fully saturated rings. The molecule has 0 saturated heterocycles. The fourth-order valence-electron chi connectivity index (χ4n) is 1.34. The molecule has 1 rings (SSSR count). The van der Waals surface area contributed by atoms with E-state index >= 15 is 0 Å². The van der Waals surface area contributed by atoms with E-state index in [-0.39, 0.29) is 17.7 Å². The Morgan fingerprint density at radius 2 is 2.33 bits per heavy atom. The summed E-state index contributed by atoms with van der Waals surface area (Å²) in [4.78, 5) is 11.7. The molecule has 0 bridgehead atoms. The number of carbonyl (C=O) groups excluding carboxylic acids is 1. The Bertz CT molecular complexity index is 333. The number of nitrogens with one attached hydrogen (secondary N) is 1. The molecule has 1 atom stereocenters. The van der Waals surface area contributed by atoms with E-state index in [1.165, 1.54) is 0 Å². The van der Waals surface area contributed by atoms with Crippen LogP contribution in [0.25, 0.3) is 0 Å². The Morgan fingerprint density at radius 3 is 2.73 bits per heavy atom. The molecule has 0 aliphatic heterocycles. The third kappa shape index (κ3) is 3.10. The average molecular weight is 211 g/mol. The van der Waals surface area contributed by atoms with E-state index < -0.39 is 0 Å². The number of nitrogens with two attached hydrogens (primary N) is 1. The lowest BCUT2D eigenvalue weighted by molar-refractivity contribution is -0.124. The molecule has 0 aliphatic carbocycles. The van der Waals surface area contributed by atoms with E-state index in [1.807, 2.05) is 13.8 Å². The minimum absolute atomic E-state index is 0.0391. The van der Waals surface area contributed by atoms with Crippen LogP contribution in [0.5, 0.6) is 0 Å². The van der Waals surface area contributed by atoms with E-state index in [4.69, 9.17) is 5.84 Å². The Labute approximate surface area is 88.8 Å². The summed E-state index contributed by atoms with van der Waals surface area (Å²) >= 11 is 0. The first kappa shape index (κ1) is 11.8. The Kier molecular flexibility index (Phi) is 3.93. The number of Topliss-reactive ketones (excluding diaryl/α,β-unsaturated/α-hetero) is 1. The number of hydrogen-bond donors (Lipinski definition) is 2. The number of aromatic nitrogens is 3. The largest absolute Gasteiger partial charge is 0.298 e. The highest BCUT2D eigenvalue weighted by Gasteiger charge is 2.21. The molecule has 6 nitrogen and oxygen atoms in total.